The Morgan fingerprint density at radius 1 is 1.29 bits per heavy atom. The number of aromatic nitrogens is 2. The summed E-state index contributed by atoms with van der Waals surface area (Å²) in [6, 6.07) is 7.23. The monoisotopic (exact) mass is 270 g/mol. The van der Waals surface area contributed by atoms with Gasteiger partial charge < -0.3 is 4.74 Å². The quantitative estimate of drug-likeness (QED) is 0.850. The van der Waals surface area contributed by atoms with Crippen LogP contribution in [0.15, 0.2) is 24.3 Å². The Bertz CT molecular complexity index is 537. The lowest BCUT2D eigenvalue weighted by Crippen LogP contribution is -2.02. The number of halogens is 2. The molecular formula is C12H12Cl2N2O. The molecule has 0 amide bonds. The van der Waals surface area contributed by atoms with E-state index < -0.39 is 0 Å². The zero-order valence-corrected chi connectivity index (χ0v) is 11.1. The summed E-state index contributed by atoms with van der Waals surface area (Å²) >= 11 is 12.0. The van der Waals surface area contributed by atoms with E-state index >= 15 is 0 Å². The van der Waals surface area contributed by atoms with Crippen molar-refractivity contribution in [3.8, 4) is 11.6 Å². The van der Waals surface area contributed by atoms with Gasteiger partial charge in [0.1, 0.15) is 0 Å². The highest BCUT2D eigenvalue weighted by atomic mass is 35.5. The second-order valence-corrected chi connectivity index (χ2v) is 4.38. The number of hydrogen-bond acceptors (Lipinski definition) is 2. The van der Waals surface area contributed by atoms with Crippen LogP contribution in [-0.4, -0.2) is 16.9 Å². The van der Waals surface area contributed by atoms with E-state index in [-0.39, 0.29) is 0 Å². The van der Waals surface area contributed by atoms with Crippen LogP contribution in [0.1, 0.15) is 12.6 Å². The highest BCUT2D eigenvalue weighted by Crippen LogP contribution is 2.26. The largest absolute Gasteiger partial charge is 0.480 e. The molecule has 0 aliphatic carbocycles. The van der Waals surface area contributed by atoms with Crippen LogP contribution in [-0.2, 0) is 6.42 Å². The summed E-state index contributed by atoms with van der Waals surface area (Å²) in [5, 5.41) is 5.50. The topological polar surface area (TPSA) is 27.1 Å². The second kappa shape index (κ2) is 4.98. The molecule has 90 valence electrons. The normalized spacial score (nSPS) is 10.6. The molecule has 2 aromatic rings. The fraction of sp³-hybridized carbons (Fsp3) is 0.250. The molecular weight excluding hydrogens is 259 g/mol. The first-order chi connectivity index (χ1) is 8.15. The molecule has 0 aliphatic rings. The number of nitrogens with zero attached hydrogens (tertiary/aromatic N) is 2. The third kappa shape index (κ3) is 2.40. The van der Waals surface area contributed by atoms with Gasteiger partial charge in [0.05, 0.1) is 17.8 Å². The van der Waals surface area contributed by atoms with E-state index in [9.17, 15) is 0 Å². The van der Waals surface area contributed by atoms with E-state index in [0.717, 1.165) is 17.8 Å². The van der Waals surface area contributed by atoms with Gasteiger partial charge in [0.15, 0.2) is 0 Å². The number of benzene rings is 1. The molecule has 1 aromatic heterocycles. The van der Waals surface area contributed by atoms with Crippen molar-refractivity contribution in [1.82, 2.24) is 9.78 Å². The van der Waals surface area contributed by atoms with Crippen LogP contribution < -0.4 is 4.74 Å². The summed E-state index contributed by atoms with van der Waals surface area (Å²) in [5.74, 6) is 0.577. The molecule has 0 unspecified atom stereocenters. The van der Waals surface area contributed by atoms with Crippen molar-refractivity contribution in [2.75, 3.05) is 7.11 Å². The standard InChI is InChI=1S/C12H12Cl2N2O/c1-3-9-7-12(17-2)15-16(9)11-5-4-8(13)6-10(11)14/h4-7H,3H2,1-2H3. The minimum atomic E-state index is 0.568. The van der Waals surface area contributed by atoms with Crippen LogP contribution in [0.4, 0.5) is 0 Å². The van der Waals surface area contributed by atoms with Crippen LogP contribution in [0.5, 0.6) is 5.88 Å². The van der Waals surface area contributed by atoms with Gasteiger partial charge in [0.2, 0.25) is 5.88 Å². The summed E-state index contributed by atoms with van der Waals surface area (Å²) in [6.45, 7) is 2.05. The zero-order valence-electron chi connectivity index (χ0n) is 9.58. The lowest BCUT2D eigenvalue weighted by molar-refractivity contribution is 0.394. The van der Waals surface area contributed by atoms with E-state index in [0.29, 0.717) is 15.9 Å². The van der Waals surface area contributed by atoms with Gasteiger partial charge >= 0.3 is 0 Å². The van der Waals surface area contributed by atoms with Gasteiger partial charge in [-0.1, -0.05) is 30.1 Å². The lowest BCUT2D eigenvalue weighted by Gasteiger charge is -2.07. The van der Waals surface area contributed by atoms with Crippen molar-refractivity contribution in [3.63, 3.8) is 0 Å². The SMILES string of the molecule is CCc1cc(OC)nn1-c1ccc(Cl)cc1Cl. The molecule has 17 heavy (non-hydrogen) atoms. The van der Waals surface area contributed by atoms with Crippen molar-refractivity contribution in [2.45, 2.75) is 13.3 Å². The summed E-state index contributed by atoms with van der Waals surface area (Å²) < 4.78 is 6.90. The molecule has 0 aliphatic heterocycles. The predicted molar refractivity (Wildman–Crippen MR) is 69.5 cm³/mol. The first-order valence-electron chi connectivity index (χ1n) is 5.24. The lowest BCUT2D eigenvalue weighted by atomic mass is 10.3. The molecule has 0 saturated carbocycles. The number of hydrogen-bond donors (Lipinski definition) is 0. The van der Waals surface area contributed by atoms with E-state index in [1.807, 2.05) is 12.1 Å². The van der Waals surface area contributed by atoms with Crippen LogP contribution in [0.3, 0.4) is 0 Å². The summed E-state index contributed by atoms with van der Waals surface area (Å²) in [6.07, 6.45) is 0.843. The molecule has 3 nitrogen and oxygen atoms in total. The van der Waals surface area contributed by atoms with Crippen LogP contribution in [0.2, 0.25) is 10.0 Å². The first-order valence-corrected chi connectivity index (χ1v) is 5.99. The molecule has 1 aromatic carbocycles. The molecule has 0 fully saturated rings. The van der Waals surface area contributed by atoms with Gasteiger partial charge in [-0.15, -0.1) is 5.10 Å². The van der Waals surface area contributed by atoms with Gasteiger partial charge in [-0.2, -0.15) is 0 Å². The molecule has 2 rings (SSSR count). The summed E-state index contributed by atoms with van der Waals surface area (Å²) in [7, 11) is 1.59. The fourth-order valence-corrected chi connectivity index (χ4v) is 2.10. The molecule has 0 spiro atoms. The van der Waals surface area contributed by atoms with Gasteiger partial charge in [-0.05, 0) is 24.6 Å². The van der Waals surface area contributed by atoms with Crippen molar-refractivity contribution in [3.05, 3.63) is 40.0 Å². The zero-order chi connectivity index (χ0) is 12.4. The van der Waals surface area contributed by atoms with Crippen molar-refractivity contribution >= 4 is 23.2 Å². The molecule has 5 heteroatoms. The van der Waals surface area contributed by atoms with Gasteiger partial charge in [0, 0.05) is 16.8 Å². The minimum absolute atomic E-state index is 0.568. The maximum absolute atomic E-state index is 6.16. The van der Waals surface area contributed by atoms with Gasteiger partial charge in [0.25, 0.3) is 0 Å². The van der Waals surface area contributed by atoms with Crippen LogP contribution >= 0.6 is 23.2 Å². The number of ether oxygens (including phenoxy) is 1. The third-order valence-electron chi connectivity index (χ3n) is 2.47. The molecule has 0 radical (unpaired) electrons. The third-order valence-corrected chi connectivity index (χ3v) is 3.01. The highest BCUT2D eigenvalue weighted by molar-refractivity contribution is 6.35. The Morgan fingerprint density at radius 3 is 2.65 bits per heavy atom. The van der Waals surface area contributed by atoms with Gasteiger partial charge in [-0.25, -0.2) is 4.68 Å². The smallest absolute Gasteiger partial charge is 0.233 e. The van der Waals surface area contributed by atoms with E-state index in [4.69, 9.17) is 27.9 Å². The highest BCUT2D eigenvalue weighted by Gasteiger charge is 2.11. The molecule has 0 atom stereocenters. The Balaban J connectivity index is 2.55. The van der Waals surface area contributed by atoms with Crippen molar-refractivity contribution in [1.29, 1.82) is 0 Å². The van der Waals surface area contributed by atoms with Gasteiger partial charge in [-0.3, -0.25) is 0 Å². The molecule has 0 saturated heterocycles. The van der Waals surface area contributed by atoms with Crippen LogP contribution in [0, 0.1) is 0 Å². The Kier molecular flexibility index (Phi) is 3.60. The van der Waals surface area contributed by atoms with E-state index in [2.05, 4.69) is 12.0 Å². The molecule has 0 bridgehead atoms. The Hall–Kier alpha value is -1.19. The fourth-order valence-electron chi connectivity index (χ4n) is 1.61. The minimum Gasteiger partial charge on any atom is -0.480 e. The van der Waals surface area contributed by atoms with E-state index in [1.165, 1.54) is 0 Å². The second-order valence-electron chi connectivity index (χ2n) is 3.54. The maximum Gasteiger partial charge on any atom is 0.233 e. The van der Waals surface area contributed by atoms with Crippen LogP contribution in [0.25, 0.3) is 5.69 Å². The van der Waals surface area contributed by atoms with Crippen molar-refractivity contribution in [2.24, 2.45) is 0 Å². The summed E-state index contributed by atoms with van der Waals surface area (Å²) in [5.41, 5.74) is 1.84. The number of methoxy groups -OCH3 is 1. The number of aryl methyl sites for hydroxylation is 1. The first kappa shape index (κ1) is 12.3. The van der Waals surface area contributed by atoms with E-state index in [1.54, 1.807) is 23.9 Å². The number of rotatable bonds is 3. The van der Waals surface area contributed by atoms with Crippen molar-refractivity contribution < 1.29 is 4.74 Å². The Morgan fingerprint density at radius 2 is 2.06 bits per heavy atom. The summed E-state index contributed by atoms with van der Waals surface area (Å²) in [4.78, 5) is 0. The predicted octanol–water partition coefficient (Wildman–Crippen LogP) is 3.75. The Labute approximate surface area is 110 Å². The average Bonchev–Trinajstić information content (AvgIpc) is 2.72. The maximum atomic E-state index is 6.16. The molecule has 1 heterocycles. The molecule has 0 N–H and O–H groups in total. The average molecular weight is 271 g/mol.